The van der Waals surface area contributed by atoms with E-state index in [1.54, 1.807) is 6.07 Å². The Morgan fingerprint density at radius 1 is 1.31 bits per heavy atom. The lowest BCUT2D eigenvalue weighted by molar-refractivity contribution is 0.599. The molecule has 1 aromatic heterocycles. The first kappa shape index (κ1) is 8.51. The molecule has 0 fully saturated rings. The van der Waals surface area contributed by atoms with E-state index in [2.05, 4.69) is 15.9 Å². The SMILES string of the molecule is O=c1ccoc2c(CBr)cccc12. The van der Waals surface area contributed by atoms with Crippen molar-refractivity contribution in [1.29, 1.82) is 0 Å². The van der Waals surface area contributed by atoms with Gasteiger partial charge >= 0.3 is 0 Å². The molecular formula is C10H7BrO2. The third kappa shape index (κ3) is 1.40. The maximum absolute atomic E-state index is 11.4. The Bertz CT molecular complexity index is 487. The van der Waals surface area contributed by atoms with Gasteiger partial charge in [-0.25, -0.2) is 0 Å². The smallest absolute Gasteiger partial charge is 0.192 e. The monoisotopic (exact) mass is 238 g/mol. The zero-order chi connectivity index (χ0) is 9.26. The summed E-state index contributed by atoms with van der Waals surface area (Å²) in [6.45, 7) is 0. The molecule has 2 rings (SSSR count). The molecule has 0 aliphatic heterocycles. The minimum Gasteiger partial charge on any atom is -0.464 e. The topological polar surface area (TPSA) is 30.2 Å². The van der Waals surface area contributed by atoms with Crippen LogP contribution in [0.1, 0.15) is 5.56 Å². The summed E-state index contributed by atoms with van der Waals surface area (Å²) in [6, 6.07) is 6.99. The van der Waals surface area contributed by atoms with Crippen molar-refractivity contribution in [3.05, 3.63) is 46.3 Å². The molecule has 0 unspecified atom stereocenters. The Kier molecular flexibility index (Phi) is 2.19. The molecule has 0 amide bonds. The second-order valence-electron chi connectivity index (χ2n) is 2.71. The third-order valence-corrected chi connectivity index (χ3v) is 2.52. The number of hydrogen-bond acceptors (Lipinski definition) is 2. The van der Waals surface area contributed by atoms with Crippen molar-refractivity contribution in [3.63, 3.8) is 0 Å². The van der Waals surface area contributed by atoms with Crippen molar-refractivity contribution in [2.45, 2.75) is 5.33 Å². The molecule has 0 N–H and O–H groups in total. The summed E-state index contributed by atoms with van der Waals surface area (Å²) in [6.07, 6.45) is 1.43. The van der Waals surface area contributed by atoms with Crippen LogP contribution in [0.4, 0.5) is 0 Å². The summed E-state index contributed by atoms with van der Waals surface area (Å²) in [5.41, 5.74) is 1.67. The molecule has 3 heteroatoms. The van der Waals surface area contributed by atoms with Crippen LogP contribution in [0.2, 0.25) is 0 Å². The minimum atomic E-state index is 0.00375. The highest BCUT2D eigenvalue weighted by Gasteiger charge is 2.03. The lowest BCUT2D eigenvalue weighted by Crippen LogP contribution is -1.98. The van der Waals surface area contributed by atoms with Crippen molar-refractivity contribution in [1.82, 2.24) is 0 Å². The van der Waals surface area contributed by atoms with Gasteiger partial charge in [-0.2, -0.15) is 0 Å². The van der Waals surface area contributed by atoms with Crippen molar-refractivity contribution in [2.24, 2.45) is 0 Å². The van der Waals surface area contributed by atoms with E-state index < -0.39 is 0 Å². The van der Waals surface area contributed by atoms with Crippen LogP contribution >= 0.6 is 15.9 Å². The van der Waals surface area contributed by atoms with Crippen molar-refractivity contribution >= 4 is 26.9 Å². The van der Waals surface area contributed by atoms with Gasteiger partial charge in [0.2, 0.25) is 0 Å². The summed E-state index contributed by atoms with van der Waals surface area (Å²) >= 11 is 3.34. The molecule has 0 aliphatic rings. The lowest BCUT2D eigenvalue weighted by atomic mass is 10.1. The Hall–Kier alpha value is -1.09. The van der Waals surface area contributed by atoms with Crippen LogP contribution in [0.3, 0.4) is 0 Å². The first-order valence-corrected chi connectivity index (χ1v) is 5.00. The first-order chi connectivity index (χ1) is 6.33. The fourth-order valence-corrected chi connectivity index (χ4v) is 1.72. The number of para-hydroxylation sites is 1. The molecular weight excluding hydrogens is 232 g/mol. The van der Waals surface area contributed by atoms with Crippen LogP contribution in [0.15, 0.2) is 39.7 Å². The molecule has 1 heterocycles. The number of rotatable bonds is 1. The molecule has 13 heavy (non-hydrogen) atoms. The molecule has 1 aromatic carbocycles. The van der Waals surface area contributed by atoms with Crippen LogP contribution in [-0.2, 0) is 5.33 Å². The Morgan fingerprint density at radius 2 is 2.15 bits per heavy atom. The standard InChI is InChI=1S/C10H7BrO2/c11-6-7-2-1-3-8-9(12)4-5-13-10(7)8/h1-5H,6H2. The van der Waals surface area contributed by atoms with Crippen LogP contribution in [0.25, 0.3) is 11.0 Å². The maximum atomic E-state index is 11.4. The van der Waals surface area contributed by atoms with Crippen molar-refractivity contribution in [3.8, 4) is 0 Å². The number of alkyl halides is 1. The van der Waals surface area contributed by atoms with E-state index in [0.29, 0.717) is 16.3 Å². The summed E-state index contributed by atoms with van der Waals surface area (Å²) < 4.78 is 5.28. The largest absolute Gasteiger partial charge is 0.464 e. The fraction of sp³-hybridized carbons (Fsp3) is 0.100. The van der Waals surface area contributed by atoms with Crippen molar-refractivity contribution < 1.29 is 4.42 Å². The fourth-order valence-electron chi connectivity index (χ4n) is 1.28. The Labute approximate surface area is 83.3 Å². The van der Waals surface area contributed by atoms with Gasteiger partial charge in [0, 0.05) is 17.0 Å². The second-order valence-corrected chi connectivity index (χ2v) is 3.27. The van der Waals surface area contributed by atoms with E-state index in [0.717, 1.165) is 5.56 Å². The zero-order valence-corrected chi connectivity index (χ0v) is 8.37. The number of hydrogen-bond donors (Lipinski definition) is 0. The predicted molar refractivity (Wildman–Crippen MR) is 55.1 cm³/mol. The molecule has 2 nitrogen and oxygen atoms in total. The highest BCUT2D eigenvalue weighted by atomic mass is 79.9. The molecule has 2 aromatic rings. The van der Waals surface area contributed by atoms with Gasteiger partial charge in [-0.15, -0.1) is 0 Å². The van der Waals surface area contributed by atoms with Crippen LogP contribution in [0, 0.1) is 0 Å². The zero-order valence-electron chi connectivity index (χ0n) is 6.79. The summed E-state index contributed by atoms with van der Waals surface area (Å²) in [5.74, 6) is 0. The van der Waals surface area contributed by atoms with E-state index in [1.807, 2.05) is 12.1 Å². The number of fused-ring (bicyclic) bond motifs is 1. The van der Waals surface area contributed by atoms with Gasteiger partial charge in [-0.1, -0.05) is 28.1 Å². The van der Waals surface area contributed by atoms with Gasteiger partial charge in [-0.05, 0) is 6.07 Å². The van der Waals surface area contributed by atoms with Gasteiger partial charge in [0.05, 0.1) is 11.6 Å². The molecule has 66 valence electrons. The van der Waals surface area contributed by atoms with E-state index in [-0.39, 0.29) is 5.43 Å². The highest BCUT2D eigenvalue weighted by molar-refractivity contribution is 9.08. The number of halogens is 1. The molecule has 0 saturated heterocycles. The maximum Gasteiger partial charge on any atom is 0.192 e. The van der Waals surface area contributed by atoms with Gasteiger partial charge in [0.15, 0.2) is 5.43 Å². The van der Waals surface area contributed by atoms with E-state index >= 15 is 0 Å². The normalized spacial score (nSPS) is 10.5. The van der Waals surface area contributed by atoms with Crippen LogP contribution in [0.5, 0.6) is 0 Å². The first-order valence-electron chi connectivity index (χ1n) is 3.88. The van der Waals surface area contributed by atoms with Gasteiger partial charge in [-0.3, -0.25) is 4.79 Å². The highest BCUT2D eigenvalue weighted by Crippen LogP contribution is 2.17. The Morgan fingerprint density at radius 3 is 2.92 bits per heavy atom. The van der Waals surface area contributed by atoms with E-state index in [9.17, 15) is 4.79 Å². The van der Waals surface area contributed by atoms with Gasteiger partial charge in [0.25, 0.3) is 0 Å². The van der Waals surface area contributed by atoms with Crippen molar-refractivity contribution in [2.75, 3.05) is 0 Å². The molecule has 0 atom stereocenters. The summed E-state index contributed by atoms with van der Waals surface area (Å²) in [4.78, 5) is 11.4. The minimum absolute atomic E-state index is 0.00375. The molecule has 0 aliphatic carbocycles. The van der Waals surface area contributed by atoms with E-state index in [4.69, 9.17) is 4.42 Å². The second kappa shape index (κ2) is 3.34. The third-order valence-electron chi connectivity index (χ3n) is 1.91. The molecule has 0 radical (unpaired) electrons. The van der Waals surface area contributed by atoms with Gasteiger partial charge < -0.3 is 4.42 Å². The summed E-state index contributed by atoms with van der Waals surface area (Å²) in [7, 11) is 0. The predicted octanol–water partition coefficient (Wildman–Crippen LogP) is 2.69. The molecule has 0 bridgehead atoms. The Balaban J connectivity index is 2.92. The van der Waals surface area contributed by atoms with E-state index in [1.165, 1.54) is 12.3 Å². The molecule has 0 saturated carbocycles. The number of benzene rings is 1. The van der Waals surface area contributed by atoms with Crippen LogP contribution < -0.4 is 5.43 Å². The van der Waals surface area contributed by atoms with Crippen LogP contribution in [-0.4, -0.2) is 0 Å². The summed E-state index contributed by atoms with van der Waals surface area (Å²) in [5, 5.41) is 1.33. The average Bonchev–Trinajstić information content (AvgIpc) is 2.18. The quantitative estimate of drug-likeness (QED) is 0.716. The lowest BCUT2D eigenvalue weighted by Gasteiger charge is -1.99. The average molecular weight is 239 g/mol. The van der Waals surface area contributed by atoms with Gasteiger partial charge in [0.1, 0.15) is 5.58 Å². The molecule has 0 spiro atoms.